The van der Waals surface area contributed by atoms with Crippen molar-refractivity contribution in [3.8, 4) is 0 Å². The molecule has 0 radical (unpaired) electrons. The first-order valence-electron chi connectivity index (χ1n) is 7.69. The van der Waals surface area contributed by atoms with Crippen LogP contribution in [0.1, 0.15) is 40.1 Å². The van der Waals surface area contributed by atoms with Gasteiger partial charge in [0.25, 0.3) is 5.91 Å². The normalized spacial score (nSPS) is 17.9. The van der Waals surface area contributed by atoms with E-state index in [9.17, 15) is 9.59 Å². The summed E-state index contributed by atoms with van der Waals surface area (Å²) in [6, 6.07) is 5.07. The summed E-state index contributed by atoms with van der Waals surface area (Å²) in [5.74, 6) is -0.663. The number of amides is 2. The number of nitrogens with two attached hydrogens (primary N) is 1. The van der Waals surface area contributed by atoms with E-state index < -0.39 is 5.91 Å². The quantitative estimate of drug-likeness (QED) is 0.913. The van der Waals surface area contributed by atoms with Crippen molar-refractivity contribution in [2.75, 3.05) is 6.54 Å². The van der Waals surface area contributed by atoms with Crippen LogP contribution < -0.4 is 5.73 Å². The minimum Gasteiger partial charge on any atom is -0.366 e. The van der Waals surface area contributed by atoms with Crippen LogP contribution in [0.25, 0.3) is 0 Å². The van der Waals surface area contributed by atoms with Crippen LogP contribution in [0, 0.1) is 0 Å². The first-order valence-corrected chi connectivity index (χ1v) is 7.69. The van der Waals surface area contributed by atoms with E-state index in [2.05, 4.69) is 10.1 Å². The number of carbonyl (C=O) groups excluding carboxylic acids is 2. The van der Waals surface area contributed by atoms with Crippen LogP contribution >= 0.6 is 0 Å². The maximum absolute atomic E-state index is 12.7. The van der Waals surface area contributed by atoms with Crippen molar-refractivity contribution < 1.29 is 9.59 Å². The maximum atomic E-state index is 12.7. The van der Waals surface area contributed by atoms with E-state index in [1.807, 2.05) is 21.8 Å². The fourth-order valence-electron chi connectivity index (χ4n) is 2.90. The highest BCUT2D eigenvalue weighted by Crippen LogP contribution is 2.20. The van der Waals surface area contributed by atoms with Crippen molar-refractivity contribution in [3.05, 3.63) is 48.0 Å². The highest BCUT2D eigenvalue weighted by Gasteiger charge is 2.28. The molecule has 2 aromatic rings. The van der Waals surface area contributed by atoms with Gasteiger partial charge in [0.1, 0.15) is 5.69 Å². The fraction of sp³-hybridized carbons (Fsp3) is 0.375. The number of likely N-dealkylation sites (tertiary alicyclic amines) is 1. The molecule has 3 rings (SSSR count). The molecule has 1 aliphatic heterocycles. The predicted molar refractivity (Wildman–Crippen MR) is 83.7 cm³/mol. The van der Waals surface area contributed by atoms with Crippen LogP contribution in [0.15, 0.2) is 36.8 Å². The third-order valence-electron chi connectivity index (χ3n) is 4.11. The fourth-order valence-corrected chi connectivity index (χ4v) is 2.90. The van der Waals surface area contributed by atoms with Crippen molar-refractivity contribution in [1.29, 1.82) is 0 Å². The molecular formula is C16H19N5O2. The van der Waals surface area contributed by atoms with E-state index in [0.29, 0.717) is 24.3 Å². The number of carbonyl (C=O) groups is 2. The summed E-state index contributed by atoms with van der Waals surface area (Å²) < 4.78 is 1.85. The molecule has 2 amide bonds. The Bertz CT molecular complexity index is 681. The molecule has 3 heterocycles. The van der Waals surface area contributed by atoms with Crippen LogP contribution in [0.4, 0.5) is 0 Å². The number of hydrogen-bond acceptors (Lipinski definition) is 4. The Morgan fingerprint density at radius 2 is 2.17 bits per heavy atom. The first-order chi connectivity index (χ1) is 11.1. The van der Waals surface area contributed by atoms with E-state index in [0.717, 1.165) is 19.3 Å². The van der Waals surface area contributed by atoms with E-state index in [-0.39, 0.29) is 11.9 Å². The number of hydrogen-bond donors (Lipinski definition) is 1. The second kappa shape index (κ2) is 6.60. The second-order valence-corrected chi connectivity index (χ2v) is 5.67. The van der Waals surface area contributed by atoms with Gasteiger partial charge in [0.15, 0.2) is 0 Å². The van der Waals surface area contributed by atoms with Crippen LogP contribution in [-0.4, -0.2) is 44.1 Å². The van der Waals surface area contributed by atoms with Crippen LogP contribution in [0.3, 0.4) is 0 Å². The Morgan fingerprint density at radius 3 is 2.83 bits per heavy atom. The van der Waals surface area contributed by atoms with Gasteiger partial charge in [0, 0.05) is 25.1 Å². The number of aromatic nitrogens is 3. The summed E-state index contributed by atoms with van der Waals surface area (Å²) in [6.45, 7) is 1.39. The summed E-state index contributed by atoms with van der Waals surface area (Å²) in [7, 11) is 0. The summed E-state index contributed by atoms with van der Waals surface area (Å²) in [5, 5.41) is 4.22. The highest BCUT2D eigenvalue weighted by atomic mass is 16.2. The van der Waals surface area contributed by atoms with Crippen molar-refractivity contribution in [3.63, 3.8) is 0 Å². The molecule has 0 spiro atoms. The Labute approximate surface area is 134 Å². The molecule has 2 N–H and O–H groups in total. The zero-order valence-electron chi connectivity index (χ0n) is 12.8. The smallest absolute Gasteiger partial charge is 0.272 e. The van der Waals surface area contributed by atoms with Crippen LogP contribution in [-0.2, 0) is 6.54 Å². The lowest BCUT2D eigenvalue weighted by Gasteiger charge is -2.35. The number of nitrogens with zero attached hydrogens (tertiary/aromatic N) is 4. The average Bonchev–Trinajstić information content (AvgIpc) is 3.08. The minimum absolute atomic E-state index is 0.105. The Hall–Kier alpha value is -2.70. The van der Waals surface area contributed by atoms with Crippen molar-refractivity contribution in [2.45, 2.75) is 31.8 Å². The Kier molecular flexibility index (Phi) is 4.36. The third-order valence-corrected chi connectivity index (χ3v) is 4.11. The maximum Gasteiger partial charge on any atom is 0.272 e. The van der Waals surface area contributed by atoms with Gasteiger partial charge >= 0.3 is 0 Å². The van der Waals surface area contributed by atoms with E-state index in [1.165, 1.54) is 12.3 Å². The molecular weight excluding hydrogens is 294 g/mol. The van der Waals surface area contributed by atoms with Gasteiger partial charge < -0.3 is 10.6 Å². The molecule has 1 atom stereocenters. The topological polar surface area (TPSA) is 94.1 Å². The van der Waals surface area contributed by atoms with Crippen molar-refractivity contribution in [2.24, 2.45) is 5.73 Å². The molecule has 120 valence electrons. The molecule has 1 aliphatic rings. The van der Waals surface area contributed by atoms with Crippen LogP contribution in [0.2, 0.25) is 0 Å². The first kappa shape index (κ1) is 15.2. The standard InChI is InChI=1S/C16H19N5O2/c17-15(22)12-5-6-14(18-10-12)16(23)21-9-2-1-4-13(21)11-20-8-3-7-19-20/h3,5-8,10,13H,1-2,4,9,11H2,(H2,17,22)/t13-/m0/s1. The molecule has 0 aliphatic carbocycles. The summed E-state index contributed by atoms with van der Waals surface area (Å²) in [6.07, 6.45) is 8.02. The molecule has 1 saturated heterocycles. The van der Waals surface area contributed by atoms with Crippen molar-refractivity contribution in [1.82, 2.24) is 19.7 Å². The molecule has 0 aromatic carbocycles. The lowest BCUT2D eigenvalue weighted by Crippen LogP contribution is -2.46. The lowest BCUT2D eigenvalue weighted by molar-refractivity contribution is 0.0577. The Balaban J connectivity index is 1.76. The number of piperidine rings is 1. The van der Waals surface area contributed by atoms with Crippen LogP contribution in [0.5, 0.6) is 0 Å². The summed E-state index contributed by atoms with van der Waals surface area (Å²) in [4.78, 5) is 29.8. The highest BCUT2D eigenvalue weighted by molar-refractivity contribution is 5.95. The van der Waals surface area contributed by atoms with Gasteiger partial charge in [-0.3, -0.25) is 19.3 Å². The SMILES string of the molecule is NC(=O)c1ccc(C(=O)N2CCCC[C@H]2Cn2cccn2)nc1. The monoisotopic (exact) mass is 313 g/mol. The van der Waals surface area contributed by atoms with E-state index in [1.54, 1.807) is 12.3 Å². The molecule has 0 saturated carbocycles. The largest absolute Gasteiger partial charge is 0.366 e. The third kappa shape index (κ3) is 3.39. The van der Waals surface area contributed by atoms with Gasteiger partial charge in [-0.1, -0.05) is 0 Å². The van der Waals surface area contributed by atoms with Gasteiger partial charge in [0.05, 0.1) is 18.2 Å². The zero-order valence-corrected chi connectivity index (χ0v) is 12.8. The molecule has 23 heavy (non-hydrogen) atoms. The van der Waals surface area contributed by atoms with Gasteiger partial charge in [-0.25, -0.2) is 0 Å². The second-order valence-electron chi connectivity index (χ2n) is 5.67. The summed E-state index contributed by atoms with van der Waals surface area (Å²) in [5.41, 5.74) is 5.83. The minimum atomic E-state index is -0.550. The lowest BCUT2D eigenvalue weighted by atomic mass is 10.0. The zero-order chi connectivity index (χ0) is 16.2. The molecule has 7 heteroatoms. The predicted octanol–water partition coefficient (Wildman–Crippen LogP) is 1.07. The molecule has 1 fully saturated rings. The average molecular weight is 313 g/mol. The van der Waals surface area contributed by atoms with Gasteiger partial charge in [0.2, 0.25) is 5.91 Å². The van der Waals surface area contributed by atoms with Gasteiger partial charge in [-0.05, 0) is 37.5 Å². The Morgan fingerprint density at radius 1 is 1.30 bits per heavy atom. The number of primary amides is 1. The molecule has 7 nitrogen and oxygen atoms in total. The number of pyridine rings is 1. The van der Waals surface area contributed by atoms with Gasteiger partial charge in [-0.15, -0.1) is 0 Å². The molecule has 0 bridgehead atoms. The molecule has 0 unspecified atom stereocenters. The van der Waals surface area contributed by atoms with Crippen molar-refractivity contribution >= 4 is 11.8 Å². The van der Waals surface area contributed by atoms with E-state index >= 15 is 0 Å². The summed E-state index contributed by atoms with van der Waals surface area (Å²) >= 11 is 0. The number of rotatable bonds is 4. The van der Waals surface area contributed by atoms with E-state index in [4.69, 9.17) is 5.73 Å². The molecule has 2 aromatic heterocycles. The van der Waals surface area contributed by atoms with Gasteiger partial charge in [-0.2, -0.15) is 5.10 Å².